The highest BCUT2D eigenvalue weighted by atomic mass is 16.3. The summed E-state index contributed by atoms with van der Waals surface area (Å²) in [6, 6.07) is 13.8. The van der Waals surface area contributed by atoms with Crippen molar-refractivity contribution < 1.29 is 13.0 Å². The van der Waals surface area contributed by atoms with Gasteiger partial charge in [-0.1, -0.05) is 36.4 Å². The van der Waals surface area contributed by atoms with E-state index in [1.165, 1.54) is 0 Å². The van der Waals surface area contributed by atoms with Gasteiger partial charge in [0.05, 0.1) is 2.74 Å². The molecule has 0 amide bonds. The van der Waals surface area contributed by atoms with Crippen LogP contribution in [0.4, 0.5) is 0 Å². The molecule has 0 saturated carbocycles. The van der Waals surface area contributed by atoms with Crippen molar-refractivity contribution in [1.82, 2.24) is 0 Å². The molecule has 2 N–H and O–H groups in total. The molecule has 0 atom stereocenters. The number of allylic oxidation sites excluding steroid dienone is 4. The van der Waals surface area contributed by atoms with Crippen LogP contribution in [0.3, 0.4) is 0 Å². The van der Waals surface area contributed by atoms with Crippen molar-refractivity contribution in [1.29, 1.82) is 0 Å². The van der Waals surface area contributed by atoms with Gasteiger partial charge in [-0.3, -0.25) is 0 Å². The molecule has 102 valence electrons. The van der Waals surface area contributed by atoms with Crippen LogP contribution in [0.25, 0.3) is 11.1 Å². The fourth-order valence-corrected chi connectivity index (χ4v) is 2.08. The standard InChI is InChI=1S/C18H18O2/c1-3-17(13-5-9-15(19)10-6-13)18(4-2)14-7-11-16(20)12-8-14/h3-12,19-20H,1-2H3/b17-3-,18-4-/i3D,4D. The highest BCUT2D eigenvalue weighted by Crippen LogP contribution is 2.32. The number of hydrogen-bond donors (Lipinski definition) is 2. The third-order valence-corrected chi connectivity index (χ3v) is 3.06. The average Bonchev–Trinajstić information content (AvgIpc) is 2.46. The maximum Gasteiger partial charge on any atom is 0.115 e. The Balaban J connectivity index is 2.63. The molecular weight excluding hydrogens is 248 g/mol. The zero-order chi connectivity index (χ0) is 16.3. The summed E-state index contributed by atoms with van der Waals surface area (Å²) in [7, 11) is 0. The van der Waals surface area contributed by atoms with Gasteiger partial charge in [-0.05, 0) is 60.4 Å². The van der Waals surface area contributed by atoms with E-state index in [0.29, 0.717) is 23.3 Å². The second kappa shape index (κ2) is 6.11. The van der Waals surface area contributed by atoms with Gasteiger partial charge in [-0.25, -0.2) is 0 Å². The van der Waals surface area contributed by atoms with Gasteiger partial charge in [0.25, 0.3) is 0 Å². The molecule has 0 aliphatic heterocycles. The summed E-state index contributed by atoms with van der Waals surface area (Å²) in [4.78, 5) is 0. The number of aromatic hydroxyl groups is 2. The van der Waals surface area contributed by atoms with Gasteiger partial charge in [0.15, 0.2) is 0 Å². The first kappa shape index (κ1) is 11.4. The maximum absolute atomic E-state index is 9.43. The Hall–Kier alpha value is -2.48. The van der Waals surface area contributed by atoms with Crippen LogP contribution in [0.5, 0.6) is 11.5 Å². The van der Waals surface area contributed by atoms with Gasteiger partial charge in [0.1, 0.15) is 11.5 Å². The molecule has 2 rings (SSSR count). The molecule has 0 saturated heterocycles. The number of rotatable bonds is 3. The zero-order valence-corrected chi connectivity index (χ0v) is 11.5. The first-order chi connectivity index (χ1) is 10.4. The molecular formula is C18H18O2. The van der Waals surface area contributed by atoms with E-state index < -0.39 is 0 Å². The Morgan fingerprint density at radius 2 is 1.05 bits per heavy atom. The minimum atomic E-state index is 0.156. The summed E-state index contributed by atoms with van der Waals surface area (Å²) < 4.78 is 16.2. The Kier molecular flexibility index (Phi) is 3.47. The van der Waals surface area contributed by atoms with Crippen molar-refractivity contribution in [2.75, 3.05) is 0 Å². The van der Waals surface area contributed by atoms with Crippen LogP contribution in [0.2, 0.25) is 0 Å². The molecule has 0 spiro atoms. The van der Waals surface area contributed by atoms with Crippen molar-refractivity contribution in [3.8, 4) is 11.5 Å². The van der Waals surface area contributed by atoms with E-state index in [2.05, 4.69) is 0 Å². The highest BCUT2D eigenvalue weighted by Gasteiger charge is 2.09. The summed E-state index contributed by atoms with van der Waals surface area (Å²) in [5.41, 5.74) is 2.80. The van der Waals surface area contributed by atoms with Crippen LogP contribution in [0.15, 0.2) is 60.6 Å². The van der Waals surface area contributed by atoms with Crippen LogP contribution in [0, 0.1) is 0 Å². The predicted octanol–water partition coefficient (Wildman–Crippen LogP) is 4.60. The first-order valence-electron chi connectivity index (χ1n) is 7.34. The molecule has 20 heavy (non-hydrogen) atoms. The fourth-order valence-electron chi connectivity index (χ4n) is 2.08. The van der Waals surface area contributed by atoms with E-state index in [1.54, 1.807) is 62.4 Å². The lowest BCUT2D eigenvalue weighted by atomic mass is 9.92. The average molecular weight is 268 g/mol. The third kappa shape index (κ3) is 2.91. The molecule has 2 heteroatoms. The van der Waals surface area contributed by atoms with E-state index in [4.69, 9.17) is 2.74 Å². The number of benzene rings is 2. The Morgan fingerprint density at radius 1 is 0.750 bits per heavy atom. The van der Waals surface area contributed by atoms with Crippen molar-refractivity contribution >= 4 is 11.1 Å². The monoisotopic (exact) mass is 268 g/mol. The van der Waals surface area contributed by atoms with Gasteiger partial charge in [0.2, 0.25) is 0 Å². The van der Waals surface area contributed by atoms with E-state index in [-0.39, 0.29) is 11.5 Å². The molecule has 2 nitrogen and oxygen atoms in total. The van der Waals surface area contributed by atoms with E-state index in [0.717, 1.165) is 11.1 Å². The molecule has 0 aliphatic rings. The molecule has 2 aromatic rings. The summed E-state index contributed by atoms with van der Waals surface area (Å²) >= 11 is 0. The SMILES string of the molecule is [2H]/C(C)=C(/C(=C(/[2H])C)c1ccc(O)cc1)c1ccc(O)cc1. The number of phenols is 2. The molecule has 0 radical (unpaired) electrons. The van der Waals surface area contributed by atoms with Crippen LogP contribution in [-0.2, 0) is 0 Å². The number of hydrogen-bond acceptors (Lipinski definition) is 2. The van der Waals surface area contributed by atoms with Gasteiger partial charge in [-0.15, -0.1) is 0 Å². The van der Waals surface area contributed by atoms with Crippen molar-refractivity contribution in [3.63, 3.8) is 0 Å². The summed E-state index contributed by atoms with van der Waals surface area (Å²) in [5.74, 6) is 0.312. The van der Waals surface area contributed by atoms with Crippen molar-refractivity contribution in [2.45, 2.75) is 13.8 Å². The van der Waals surface area contributed by atoms with Crippen LogP contribution >= 0.6 is 0 Å². The van der Waals surface area contributed by atoms with E-state index in [1.807, 2.05) is 0 Å². The molecule has 2 aromatic carbocycles. The lowest BCUT2D eigenvalue weighted by molar-refractivity contribution is 0.474. The quantitative estimate of drug-likeness (QED) is 0.798. The molecule has 0 fully saturated rings. The fraction of sp³-hybridized carbons (Fsp3) is 0.111. The van der Waals surface area contributed by atoms with Gasteiger partial charge in [0, 0.05) is 0 Å². The summed E-state index contributed by atoms with van der Waals surface area (Å²) in [6.07, 6.45) is 0. The van der Waals surface area contributed by atoms with Gasteiger partial charge >= 0.3 is 0 Å². The summed E-state index contributed by atoms with van der Waals surface area (Å²) in [5, 5.41) is 18.9. The van der Waals surface area contributed by atoms with Crippen molar-refractivity contribution in [3.05, 3.63) is 71.8 Å². The Morgan fingerprint density at radius 3 is 1.30 bits per heavy atom. The minimum Gasteiger partial charge on any atom is -0.508 e. The van der Waals surface area contributed by atoms with Gasteiger partial charge in [-0.2, -0.15) is 0 Å². The van der Waals surface area contributed by atoms with E-state index in [9.17, 15) is 10.2 Å². The third-order valence-electron chi connectivity index (χ3n) is 3.06. The molecule has 0 aromatic heterocycles. The highest BCUT2D eigenvalue weighted by molar-refractivity contribution is 6.04. The second-order valence-electron chi connectivity index (χ2n) is 4.34. The molecule has 0 bridgehead atoms. The summed E-state index contributed by atoms with van der Waals surface area (Å²) in [6.45, 7) is 3.34. The second-order valence-corrected chi connectivity index (χ2v) is 4.34. The van der Waals surface area contributed by atoms with Crippen LogP contribution < -0.4 is 0 Å². The minimum absolute atomic E-state index is 0.156. The van der Waals surface area contributed by atoms with Gasteiger partial charge < -0.3 is 10.2 Å². The van der Waals surface area contributed by atoms with E-state index >= 15 is 0 Å². The smallest absolute Gasteiger partial charge is 0.115 e. The maximum atomic E-state index is 9.43. The first-order valence-corrected chi connectivity index (χ1v) is 6.34. The van der Waals surface area contributed by atoms with Crippen molar-refractivity contribution in [2.24, 2.45) is 0 Å². The lowest BCUT2D eigenvalue weighted by Gasteiger charge is -2.13. The largest absolute Gasteiger partial charge is 0.508 e. The topological polar surface area (TPSA) is 40.5 Å². The lowest BCUT2D eigenvalue weighted by Crippen LogP contribution is -1.90. The predicted molar refractivity (Wildman–Crippen MR) is 83.5 cm³/mol. The van der Waals surface area contributed by atoms with Crippen LogP contribution in [-0.4, -0.2) is 10.2 Å². The molecule has 0 aliphatic carbocycles. The molecule has 0 heterocycles. The van der Waals surface area contributed by atoms with Crippen LogP contribution in [0.1, 0.15) is 27.7 Å². The normalized spacial score (nSPS) is 14.9. The Labute approximate surface area is 122 Å². The Bertz CT molecular complexity index is 653. The number of phenolic OH excluding ortho intramolecular Hbond substituents is 2. The zero-order valence-electron chi connectivity index (χ0n) is 13.5. The molecule has 0 unspecified atom stereocenters.